The number of likely N-dealkylation sites (N-methyl/N-ethyl adjacent to an activating group) is 1. The number of carbonyl (C=O) groups is 2. The number of ether oxygens (including phenoxy) is 1. The molecule has 5 nitrogen and oxygen atoms in total. The number of methoxy groups -OCH3 is 1. The normalized spacial score (nSPS) is 9.90. The minimum absolute atomic E-state index is 0.0411. The van der Waals surface area contributed by atoms with E-state index >= 15 is 0 Å². The van der Waals surface area contributed by atoms with Crippen LogP contribution in [-0.4, -0.2) is 38.6 Å². The molecule has 1 N–H and O–H groups in total. The lowest BCUT2D eigenvalue weighted by molar-refractivity contribution is -0.140. The lowest BCUT2D eigenvalue weighted by Crippen LogP contribution is -2.37. The number of nitrogens with zero attached hydrogens (tertiary/aromatic N) is 1. The summed E-state index contributed by atoms with van der Waals surface area (Å²) in [4.78, 5) is 24.7. The minimum Gasteiger partial charge on any atom is -0.469 e. The van der Waals surface area contributed by atoms with Crippen LogP contribution in [0.5, 0.6) is 0 Å². The quantitative estimate of drug-likeness (QED) is 0.579. The summed E-state index contributed by atoms with van der Waals surface area (Å²) >= 11 is 0. The number of esters is 1. The average Bonchev–Trinajstić information content (AvgIpc) is 2.49. The molecular weight excluding hydrogens is 256 g/mol. The molecule has 0 saturated heterocycles. The largest absolute Gasteiger partial charge is 0.469 e. The number of carbonyl (C=O) groups excluding carboxylic acids is 2. The van der Waals surface area contributed by atoms with Gasteiger partial charge < -0.3 is 15.0 Å². The van der Waals surface area contributed by atoms with E-state index in [4.69, 9.17) is 0 Å². The lowest BCUT2D eigenvalue weighted by atomic mass is 10.3. The summed E-state index contributed by atoms with van der Waals surface area (Å²) in [6.45, 7) is 3.58. The molecule has 20 heavy (non-hydrogen) atoms. The molecule has 0 fully saturated rings. The highest BCUT2D eigenvalue weighted by molar-refractivity contribution is 5.81. The van der Waals surface area contributed by atoms with Crippen molar-refractivity contribution in [3.8, 4) is 0 Å². The molecule has 0 aliphatic heterocycles. The first-order valence-electron chi connectivity index (χ1n) is 6.81. The first-order valence-corrected chi connectivity index (χ1v) is 6.81. The maximum absolute atomic E-state index is 11.8. The van der Waals surface area contributed by atoms with E-state index in [0.717, 1.165) is 12.2 Å². The molecule has 0 saturated carbocycles. The van der Waals surface area contributed by atoms with E-state index in [1.54, 1.807) is 0 Å². The molecule has 1 aromatic rings. The van der Waals surface area contributed by atoms with E-state index in [-0.39, 0.29) is 11.9 Å². The van der Waals surface area contributed by atoms with Crippen molar-refractivity contribution < 1.29 is 14.3 Å². The molecule has 0 bridgehead atoms. The van der Waals surface area contributed by atoms with Crippen molar-refractivity contribution in [3.05, 3.63) is 30.3 Å². The molecule has 0 radical (unpaired) electrons. The number of benzene rings is 1. The second kappa shape index (κ2) is 8.96. The van der Waals surface area contributed by atoms with E-state index in [2.05, 4.69) is 10.1 Å². The Morgan fingerprint density at radius 3 is 2.55 bits per heavy atom. The SMILES string of the molecule is CCN(CC(=O)NCCCC(=O)OC)c1ccccc1. The van der Waals surface area contributed by atoms with Crippen LogP contribution >= 0.6 is 0 Å². The molecular formula is C15H22N2O3. The van der Waals surface area contributed by atoms with Gasteiger partial charge in [-0.15, -0.1) is 0 Å². The van der Waals surface area contributed by atoms with Gasteiger partial charge in [0.25, 0.3) is 0 Å². The van der Waals surface area contributed by atoms with Gasteiger partial charge in [-0.25, -0.2) is 0 Å². The third-order valence-electron chi connectivity index (χ3n) is 2.95. The van der Waals surface area contributed by atoms with Gasteiger partial charge in [-0.1, -0.05) is 18.2 Å². The highest BCUT2D eigenvalue weighted by Gasteiger charge is 2.09. The Kier molecular flexibility index (Phi) is 7.17. The lowest BCUT2D eigenvalue weighted by Gasteiger charge is -2.22. The highest BCUT2D eigenvalue weighted by Crippen LogP contribution is 2.11. The van der Waals surface area contributed by atoms with E-state index in [1.807, 2.05) is 42.2 Å². The number of para-hydroxylation sites is 1. The highest BCUT2D eigenvalue weighted by atomic mass is 16.5. The number of anilines is 1. The second-order valence-electron chi connectivity index (χ2n) is 4.38. The van der Waals surface area contributed by atoms with Gasteiger partial charge in [0.1, 0.15) is 0 Å². The molecule has 0 heterocycles. The predicted molar refractivity (Wildman–Crippen MR) is 78.6 cm³/mol. The van der Waals surface area contributed by atoms with Crippen molar-refractivity contribution in [2.24, 2.45) is 0 Å². The van der Waals surface area contributed by atoms with Crippen LogP contribution < -0.4 is 10.2 Å². The predicted octanol–water partition coefficient (Wildman–Crippen LogP) is 1.58. The monoisotopic (exact) mass is 278 g/mol. The summed E-state index contributed by atoms with van der Waals surface area (Å²) in [5.74, 6) is -0.292. The average molecular weight is 278 g/mol. The molecule has 0 aliphatic carbocycles. The van der Waals surface area contributed by atoms with Gasteiger partial charge in [0.2, 0.25) is 5.91 Å². The summed E-state index contributed by atoms with van der Waals surface area (Å²) in [6, 6.07) is 9.81. The smallest absolute Gasteiger partial charge is 0.305 e. The van der Waals surface area contributed by atoms with Gasteiger partial charge >= 0.3 is 5.97 Å². The molecule has 1 rings (SSSR count). The van der Waals surface area contributed by atoms with Crippen LogP contribution in [-0.2, 0) is 14.3 Å². The van der Waals surface area contributed by atoms with Gasteiger partial charge in [-0.05, 0) is 25.5 Å². The standard InChI is InChI=1S/C15H22N2O3/c1-3-17(13-8-5-4-6-9-13)12-14(18)16-11-7-10-15(19)20-2/h4-6,8-9H,3,7,10-12H2,1-2H3,(H,16,18). The summed E-state index contributed by atoms with van der Waals surface area (Å²) in [6.07, 6.45) is 0.919. The zero-order valence-electron chi connectivity index (χ0n) is 12.1. The Bertz CT molecular complexity index is 420. The second-order valence-corrected chi connectivity index (χ2v) is 4.38. The first-order chi connectivity index (χ1) is 9.67. The molecule has 110 valence electrons. The van der Waals surface area contributed by atoms with Crippen LogP contribution in [0.15, 0.2) is 30.3 Å². The molecule has 1 amide bonds. The molecule has 0 unspecified atom stereocenters. The molecule has 0 aromatic heterocycles. The summed E-state index contributed by atoms with van der Waals surface area (Å²) in [5.41, 5.74) is 1.03. The van der Waals surface area contributed by atoms with E-state index < -0.39 is 0 Å². The Morgan fingerprint density at radius 1 is 1.25 bits per heavy atom. The Balaban J connectivity index is 2.32. The topological polar surface area (TPSA) is 58.6 Å². The van der Waals surface area contributed by atoms with Crippen LogP contribution in [0.3, 0.4) is 0 Å². The fraction of sp³-hybridized carbons (Fsp3) is 0.467. The van der Waals surface area contributed by atoms with Crippen molar-refractivity contribution >= 4 is 17.6 Å². The number of nitrogens with one attached hydrogen (secondary N) is 1. The molecule has 1 aromatic carbocycles. The molecule has 0 spiro atoms. The van der Waals surface area contributed by atoms with Crippen molar-refractivity contribution in [1.82, 2.24) is 5.32 Å². The van der Waals surface area contributed by atoms with Crippen LogP contribution in [0.2, 0.25) is 0 Å². The minimum atomic E-state index is -0.251. The molecule has 5 heteroatoms. The molecule has 0 aliphatic rings. The van der Waals surface area contributed by atoms with Crippen LogP contribution in [0, 0.1) is 0 Å². The summed E-state index contributed by atoms with van der Waals surface area (Å²) in [7, 11) is 1.36. The molecule has 0 atom stereocenters. The van der Waals surface area contributed by atoms with E-state index in [1.165, 1.54) is 7.11 Å². The Labute approximate surface area is 119 Å². The van der Waals surface area contributed by atoms with Gasteiger partial charge in [0.05, 0.1) is 13.7 Å². The van der Waals surface area contributed by atoms with Crippen molar-refractivity contribution in [1.29, 1.82) is 0 Å². The zero-order valence-corrected chi connectivity index (χ0v) is 12.1. The fourth-order valence-corrected chi connectivity index (χ4v) is 1.82. The van der Waals surface area contributed by atoms with Crippen molar-refractivity contribution in [3.63, 3.8) is 0 Å². The van der Waals surface area contributed by atoms with Gasteiger partial charge in [0, 0.05) is 25.2 Å². The first kappa shape index (κ1) is 16.0. The van der Waals surface area contributed by atoms with E-state index in [9.17, 15) is 9.59 Å². The Hall–Kier alpha value is -2.04. The van der Waals surface area contributed by atoms with E-state index in [0.29, 0.717) is 25.9 Å². The van der Waals surface area contributed by atoms with Crippen LogP contribution in [0.4, 0.5) is 5.69 Å². The third kappa shape index (κ3) is 5.73. The number of hydrogen-bond acceptors (Lipinski definition) is 4. The van der Waals surface area contributed by atoms with Crippen LogP contribution in [0.1, 0.15) is 19.8 Å². The summed E-state index contributed by atoms with van der Waals surface area (Å²) < 4.78 is 4.54. The Morgan fingerprint density at radius 2 is 1.95 bits per heavy atom. The van der Waals surface area contributed by atoms with Crippen molar-refractivity contribution in [2.45, 2.75) is 19.8 Å². The zero-order chi connectivity index (χ0) is 14.8. The van der Waals surface area contributed by atoms with Crippen LogP contribution in [0.25, 0.3) is 0 Å². The maximum Gasteiger partial charge on any atom is 0.305 e. The van der Waals surface area contributed by atoms with Crippen molar-refractivity contribution in [2.75, 3.05) is 31.6 Å². The van der Waals surface area contributed by atoms with Gasteiger partial charge in [-0.2, -0.15) is 0 Å². The van der Waals surface area contributed by atoms with Gasteiger partial charge in [0.15, 0.2) is 0 Å². The number of hydrogen-bond donors (Lipinski definition) is 1. The fourth-order valence-electron chi connectivity index (χ4n) is 1.82. The van der Waals surface area contributed by atoms with Gasteiger partial charge in [-0.3, -0.25) is 9.59 Å². The number of amides is 1. The maximum atomic E-state index is 11.8. The summed E-state index contributed by atoms with van der Waals surface area (Å²) in [5, 5.41) is 2.81. The number of rotatable bonds is 8. The third-order valence-corrected chi connectivity index (χ3v) is 2.95.